The summed E-state index contributed by atoms with van der Waals surface area (Å²) in [5.74, 6) is -0.195. The Morgan fingerprint density at radius 3 is 2.87 bits per heavy atom. The average Bonchev–Trinajstić information content (AvgIpc) is 2.90. The Hall–Kier alpha value is -2.30. The monoisotopic (exact) mass is 315 g/mol. The van der Waals surface area contributed by atoms with Gasteiger partial charge in [0, 0.05) is 30.5 Å². The minimum Gasteiger partial charge on any atom is -0.481 e. The van der Waals surface area contributed by atoms with Crippen molar-refractivity contribution in [1.29, 1.82) is 0 Å². The Morgan fingerprint density at radius 1 is 1.35 bits per heavy atom. The molecule has 1 amide bonds. The van der Waals surface area contributed by atoms with Crippen LogP contribution in [0.25, 0.3) is 11.0 Å². The molecule has 1 aliphatic rings. The average molecular weight is 315 g/mol. The number of carboxylic acids is 1. The van der Waals surface area contributed by atoms with Crippen LogP contribution < -0.4 is 0 Å². The Bertz CT molecular complexity index is 734. The highest BCUT2D eigenvalue weighted by atomic mass is 16.4. The van der Waals surface area contributed by atoms with Crippen molar-refractivity contribution in [2.24, 2.45) is 5.92 Å². The Balaban J connectivity index is 1.76. The summed E-state index contributed by atoms with van der Waals surface area (Å²) in [5.41, 5.74) is 1.60. The van der Waals surface area contributed by atoms with Crippen molar-refractivity contribution in [2.75, 3.05) is 13.1 Å². The molecule has 5 heteroatoms. The van der Waals surface area contributed by atoms with Gasteiger partial charge < -0.3 is 14.4 Å². The van der Waals surface area contributed by atoms with E-state index in [-0.39, 0.29) is 18.2 Å². The van der Waals surface area contributed by atoms with Gasteiger partial charge in [-0.3, -0.25) is 9.59 Å². The van der Waals surface area contributed by atoms with Gasteiger partial charge >= 0.3 is 5.97 Å². The second-order valence-corrected chi connectivity index (χ2v) is 6.24. The fraction of sp³-hybridized carbons (Fsp3) is 0.444. The molecule has 1 aliphatic heterocycles. The van der Waals surface area contributed by atoms with Gasteiger partial charge in [-0.2, -0.15) is 0 Å². The van der Waals surface area contributed by atoms with Gasteiger partial charge in [0.15, 0.2) is 5.76 Å². The first-order valence-electron chi connectivity index (χ1n) is 8.05. The molecule has 5 nitrogen and oxygen atoms in total. The van der Waals surface area contributed by atoms with Crippen LogP contribution in [-0.4, -0.2) is 35.0 Å². The van der Waals surface area contributed by atoms with Gasteiger partial charge in [0.25, 0.3) is 5.91 Å². The third kappa shape index (κ3) is 3.23. The number of aryl methyl sites for hydroxylation is 1. The number of fused-ring (bicyclic) bond motifs is 1. The van der Waals surface area contributed by atoms with Crippen LogP contribution in [0.15, 0.2) is 28.7 Å². The predicted molar refractivity (Wildman–Crippen MR) is 86.4 cm³/mol. The number of carbonyl (C=O) groups excluding carboxylic acids is 1. The highest BCUT2D eigenvalue weighted by Crippen LogP contribution is 2.28. The molecular formula is C18H21NO4. The molecule has 0 bridgehead atoms. The summed E-state index contributed by atoms with van der Waals surface area (Å²) in [6.45, 7) is 3.23. The highest BCUT2D eigenvalue weighted by molar-refractivity contribution is 5.98. The number of likely N-dealkylation sites (tertiary alicyclic amines) is 1. The fourth-order valence-corrected chi connectivity index (χ4v) is 3.33. The lowest BCUT2D eigenvalue weighted by Gasteiger charge is -2.32. The van der Waals surface area contributed by atoms with E-state index in [4.69, 9.17) is 9.52 Å². The molecule has 0 unspecified atom stereocenters. The molecule has 1 saturated heterocycles. The highest BCUT2D eigenvalue weighted by Gasteiger charge is 2.28. The number of para-hydroxylation sites is 1. The Labute approximate surface area is 134 Å². The summed E-state index contributed by atoms with van der Waals surface area (Å²) in [5, 5.41) is 9.79. The summed E-state index contributed by atoms with van der Waals surface area (Å²) in [4.78, 5) is 25.3. The van der Waals surface area contributed by atoms with Crippen LogP contribution in [0.5, 0.6) is 0 Å². The van der Waals surface area contributed by atoms with Crippen LogP contribution in [0.2, 0.25) is 0 Å². The van der Waals surface area contributed by atoms with Crippen molar-refractivity contribution in [2.45, 2.75) is 32.6 Å². The quantitative estimate of drug-likeness (QED) is 0.938. The SMILES string of the molecule is Cc1c(C(=O)N2CCC[C@@H](CCC(=O)O)C2)oc2ccccc12. The summed E-state index contributed by atoms with van der Waals surface area (Å²) in [6.07, 6.45) is 2.68. The van der Waals surface area contributed by atoms with Gasteiger partial charge in [-0.1, -0.05) is 18.2 Å². The zero-order chi connectivity index (χ0) is 16.4. The lowest BCUT2D eigenvalue weighted by molar-refractivity contribution is -0.137. The molecule has 0 saturated carbocycles. The molecule has 23 heavy (non-hydrogen) atoms. The predicted octanol–water partition coefficient (Wildman–Crippen LogP) is 3.46. The number of carbonyl (C=O) groups is 2. The molecule has 1 atom stereocenters. The maximum Gasteiger partial charge on any atom is 0.303 e. The number of hydrogen-bond donors (Lipinski definition) is 1. The fourth-order valence-electron chi connectivity index (χ4n) is 3.33. The van der Waals surface area contributed by atoms with Crippen LogP contribution in [0.4, 0.5) is 0 Å². The number of piperidine rings is 1. The van der Waals surface area contributed by atoms with Crippen LogP contribution in [-0.2, 0) is 4.79 Å². The lowest BCUT2D eigenvalue weighted by atomic mass is 9.93. The number of benzene rings is 1. The van der Waals surface area contributed by atoms with Gasteiger partial charge in [0.1, 0.15) is 5.58 Å². The van der Waals surface area contributed by atoms with Crippen molar-refractivity contribution in [1.82, 2.24) is 4.90 Å². The number of furan rings is 1. The van der Waals surface area contributed by atoms with Crippen molar-refractivity contribution in [3.05, 3.63) is 35.6 Å². The van der Waals surface area contributed by atoms with E-state index >= 15 is 0 Å². The van der Waals surface area contributed by atoms with Crippen LogP contribution in [0.3, 0.4) is 0 Å². The van der Waals surface area contributed by atoms with E-state index in [1.807, 2.05) is 31.2 Å². The van der Waals surface area contributed by atoms with Gasteiger partial charge in [-0.15, -0.1) is 0 Å². The van der Waals surface area contributed by atoms with E-state index < -0.39 is 5.97 Å². The van der Waals surface area contributed by atoms with Crippen molar-refractivity contribution in [3.8, 4) is 0 Å². The van der Waals surface area contributed by atoms with Crippen molar-refractivity contribution in [3.63, 3.8) is 0 Å². The minimum atomic E-state index is -0.776. The number of nitrogens with zero attached hydrogens (tertiary/aromatic N) is 1. The molecule has 0 aliphatic carbocycles. The number of aliphatic carboxylic acids is 1. The largest absolute Gasteiger partial charge is 0.481 e. The van der Waals surface area contributed by atoms with Gasteiger partial charge in [-0.05, 0) is 38.2 Å². The molecular weight excluding hydrogens is 294 g/mol. The van der Waals surface area contributed by atoms with E-state index in [9.17, 15) is 9.59 Å². The number of carboxylic acid groups (broad SMARTS) is 1. The number of rotatable bonds is 4. The van der Waals surface area contributed by atoms with Crippen molar-refractivity contribution >= 4 is 22.8 Å². The standard InChI is InChI=1S/C18H21NO4/c1-12-14-6-2-3-7-15(14)23-17(12)18(22)19-10-4-5-13(11-19)8-9-16(20)21/h2-3,6-7,13H,4-5,8-11H2,1H3,(H,20,21)/t13-/m0/s1. The van der Waals surface area contributed by atoms with Gasteiger partial charge in [-0.25, -0.2) is 0 Å². The van der Waals surface area contributed by atoms with E-state index in [0.29, 0.717) is 25.3 Å². The van der Waals surface area contributed by atoms with Gasteiger partial charge in [0.05, 0.1) is 0 Å². The molecule has 0 radical (unpaired) electrons. The van der Waals surface area contributed by atoms with Crippen LogP contribution in [0, 0.1) is 12.8 Å². The first kappa shape index (κ1) is 15.6. The smallest absolute Gasteiger partial charge is 0.303 e. The van der Waals surface area contributed by atoms with E-state index in [1.165, 1.54) is 0 Å². The molecule has 0 spiro atoms. The molecule has 1 N–H and O–H groups in total. The number of hydrogen-bond acceptors (Lipinski definition) is 3. The van der Waals surface area contributed by atoms with Gasteiger partial charge in [0.2, 0.25) is 0 Å². The molecule has 2 aromatic rings. The van der Waals surface area contributed by atoms with Crippen molar-refractivity contribution < 1.29 is 19.1 Å². The molecule has 3 rings (SSSR count). The Kier molecular flexibility index (Phi) is 4.37. The number of amides is 1. The molecule has 1 fully saturated rings. The maximum atomic E-state index is 12.8. The summed E-state index contributed by atoms with van der Waals surface area (Å²) >= 11 is 0. The summed E-state index contributed by atoms with van der Waals surface area (Å²) in [6, 6.07) is 7.64. The normalized spacial score (nSPS) is 18.3. The first-order valence-corrected chi connectivity index (χ1v) is 8.05. The molecule has 1 aromatic heterocycles. The van der Waals surface area contributed by atoms with Crippen LogP contribution >= 0.6 is 0 Å². The summed E-state index contributed by atoms with van der Waals surface area (Å²) < 4.78 is 5.76. The first-order chi connectivity index (χ1) is 11.1. The molecule has 2 heterocycles. The molecule has 1 aromatic carbocycles. The van der Waals surface area contributed by atoms with E-state index in [2.05, 4.69) is 0 Å². The second kappa shape index (κ2) is 6.44. The summed E-state index contributed by atoms with van der Waals surface area (Å²) in [7, 11) is 0. The van der Waals surface area contributed by atoms with E-state index in [0.717, 1.165) is 29.4 Å². The zero-order valence-corrected chi connectivity index (χ0v) is 13.2. The minimum absolute atomic E-state index is 0.0845. The van der Waals surface area contributed by atoms with E-state index in [1.54, 1.807) is 4.90 Å². The second-order valence-electron chi connectivity index (χ2n) is 6.24. The topological polar surface area (TPSA) is 70.8 Å². The van der Waals surface area contributed by atoms with Crippen LogP contribution in [0.1, 0.15) is 41.8 Å². The third-order valence-corrected chi connectivity index (χ3v) is 4.61. The maximum absolute atomic E-state index is 12.8. The zero-order valence-electron chi connectivity index (χ0n) is 13.2. The Morgan fingerprint density at radius 2 is 2.13 bits per heavy atom. The molecule has 122 valence electrons. The third-order valence-electron chi connectivity index (χ3n) is 4.61. The lowest BCUT2D eigenvalue weighted by Crippen LogP contribution is -2.40.